The lowest BCUT2D eigenvalue weighted by Crippen LogP contribution is -2.33. The fraction of sp³-hybridized carbons (Fsp3) is 0.552. The second kappa shape index (κ2) is 11.4. The van der Waals surface area contributed by atoms with Gasteiger partial charge in [0.15, 0.2) is 0 Å². The van der Waals surface area contributed by atoms with Crippen LogP contribution in [0.25, 0.3) is 0 Å². The van der Waals surface area contributed by atoms with Gasteiger partial charge in [0.05, 0.1) is 5.56 Å². The molecular formula is C29H38N2O2S. The van der Waals surface area contributed by atoms with Gasteiger partial charge in [0.2, 0.25) is 0 Å². The molecule has 34 heavy (non-hydrogen) atoms. The molecule has 182 valence electrons. The molecule has 1 aromatic heterocycles. The van der Waals surface area contributed by atoms with E-state index in [-0.39, 0.29) is 22.1 Å². The van der Waals surface area contributed by atoms with Crippen LogP contribution in [0.5, 0.6) is 6.01 Å². The number of carbonyl (C=O) groups excluding carboxylic acids is 1. The summed E-state index contributed by atoms with van der Waals surface area (Å²) in [7, 11) is 0. The molecule has 3 rings (SSSR count). The average Bonchev–Trinajstić information content (AvgIpc) is 2.75. The molecule has 2 heterocycles. The van der Waals surface area contributed by atoms with Crippen LogP contribution in [-0.2, 0) is 16.6 Å². The minimum absolute atomic E-state index is 0.0794. The van der Waals surface area contributed by atoms with E-state index < -0.39 is 0 Å². The van der Waals surface area contributed by atoms with Crippen LogP contribution in [0.1, 0.15) is 109 Å². The summed E-state index contributed by atoms with van der Waals surface area (Å²) in [6.45, 7) is 13.6. The van der Waals surface area contributed by atoms with E-state index >= 15 is 0 Å². The Bertz CT molecular complexity index is 1060. The Balaban J connectivity index is 1.89. The number of rotatable bonds is 8. The molecule has 2 aromatic rings. The summed E-state index contributed by atoms with van der Waals surface area (Å²) >= 11 is 2.00. The van der Waals surface area contributed by atoms with Gasteiger partial charge in [0, 0.05) is 34.0 Å². The van der Waals surface area contributed by atoms with Crippen molar-refractivity contribution in [3.63, 3.8) is 0 Å². The standard InChI is InChI=1S/C29H38N2O2S/c1-7-9-10-11-13-22-17-25-24(28(3,4)20-29(5,6)34-25)16-23(22)15-14-21-18-30-27(31-19-21)33-26(32)12-8-2/h16-19H,7-13,20H2,1-6H3. The normalized spacial score (nSPS) is 15.7. The summed E-state index contributed by atoms with van der Waals surface area (Å²) in [6.07, 6.45) is 11.4. The molecule has 1 aliphatic rings. The van der Waals surface area contributed by atoms with Gasteiger partial charge in [-0.1, -0.05) is 72.6 Å². The first-order chi connectivity index (χ1) is 16.1. The van der Waals surface area contributed by atoms with E-state index in [1.54, 1.807) is 12.4 Å². The van der Waals surface area contributed by atoms with Crippen molar-refractivity contribution in [1.29, 1.82) is 0 Å². The maximum atomic E-state index is 11.7. The Labute approximate surface area is 209 Å². The zero-order valence-corrected chi connectivity index (χ0v) is 22.4. The summed E-state index contributed by atoms with van der Waals surface area (Å²) in [6, 6.07) is 4.79. The largest absolute Gasteiger partial charge is 0.391 e. The smallest absolute Gasteiger partial charge is 0.324 e. The Morgan fingerprint density at radius 1 is 1.03 bits per heavy atom. The van der Waals surface area contributed by atoms with Crippen LogP contribution in [0.3, 0.4) is 0 Å². The van der Waals surface area contributed by atoms with Crippen LogP contribution in [0.15, 0.2) is 29.4 Å². The molecule has 4 nitrogen and oxygen atoms in total. The highest BCUT2D eigenvalue weighted by Gasteiger charge is 2.38. The lowest BCUT2D eigenvalue weighted by Gasteiger charge is -2.42. The van der Waals surface area contributed by atoms with Gasteiger partial charge in [-0.2, -0.15) is 0 Å². The number of unbranched alkanes of at least 4 members (excludes halogenated alkanes) is 3. The second-order valence-electron chi connectivity index (χ2n) is 10.5. The molecule has 0 atom stereocenters. The van der Waals surface area contributed by atoms with Gasteiger partial charge in [-0.3, -0.25) is 4.79 Å². The van der Waals surface area contributed by atoms with E-state index in [1.807, 2.05) is 18.7 Å². The van der Waals surface area contributed by atoms with Gasteiger partial charge in [-0.15, -0.1) is 11.8 Å². The van der Waals surface area contributed by atoms with E-state index in [2.05, 4.69) is 68.6 Å². The monoisotopic (exact) mass is 478 g/mol. The summed E-state index contributed by atoms with van der Waals surface area (Å²) in [4.78, 5) is 21.4. The molecule has 5 heteroatoms. The topological polar surface area (TPSA) is 52.1 Å². The number of carbonyl (C=O) groups is 1. The molecule has 0 saturated heterocycles. The van der Waals surface area contributed by atoms with E-state index in [1.165, 1.54) is 41.7 Å². The number of fused-ring (bicyclic) bond motifs is 1. The molecule has 1 aromatic carbocycles. The van der Waals surface area contributed by atoms with Gasteiger partial charge < -0.3 is 4.74 Å². The lowest BCUT2D eigenvalue weighted by atomic mass is 9.76. The van der Waals surface area contributed by atoms with Crippen LogP contribution >= 0.6 is 11.8 Å². The number of hydrogen-bond donors (Lipinski definition) is 0. The molecule has 0 fully saturated rings. The first-order valence-electron chi connectivity index (χ1n) is 12.5. The van der Waals surface area contributed by atoms with E-state index in [4.69, 9.17) is 4.74 Å². The zero-order valence-electron chi connectivity index (χ0n) is 21.6. The third-order valence-electron chi connectivity index (χ3n) is 6.12. The van der Waals surface area contributed by atoms with Crippen molar-refractivity contribution < 1.29 is 9.53 Å². The predicted molar refractivity (Wildman–Crippen MR) is 140 cm³/mol. The number of hydrogen-bond acceptors (Lipinski definition) is 5. The summed E-state index contributed by atoms with van der Waals surface area (Å²) in [5, 5.41) is 0. The van der Waals surface area contributed by atoms with Gasteiger partial charge in [-0.25, -0.2) is 9.97 Å². The summed E-state index contributed by atoms with van der Waals surface area (Å²) in [5.41, 5.74) is 4.64. The third-order valence-corrected chi connectivity index (χ3v) is 7.37. The molecule has 0 N–H and O–H groups in total. The highest BCUT2D eigenvalue weighted by atomic mass is 32.2. The van der Waals surface area contributed by atoms with Gasteiger partial charge in [0.1, 0.15) is 0 Å². The highest BCUT2D eigenvalue weighted by Crippen LogP contribution is 2.51. The van der Waals surface area contributed by atoms with E-state index in [0.29, 0.717) is 12.0 Å². The Morgan fingerprint density at radius 3 is 2.44 bits per heavy atom. The lowest BCUT2D eigenvalue weighted by molar-refractivity contribution is -0.134. The van der Waals surface area contributed by atoms with Crippen LogP contribution in [0.2, 0.25) is 0 Å². The Morgan fingerprint density at radius 2 is 1.76 bits per heavy atom. The molecule has 0 spiro atoms. The fourth-order valence-corrected chi connectivity index (χ4v) is 6.40. The third kappa shape index (κ3) is 7.09. The van der Waals surface area contributed by atoms with Crippen molar-refractivity contribution in [1.82, 2.24) is 9.97 Å². The number of esters is 1. The van der Waals surface area contributed by atoms with Crippen molar-refractivity contribution in [2.45, 2.75) is 108 Å². The molecule has 0 amide bonds. The van der Waals surface area contributed by atoms with Crippen LogP contribution < -0.4 is 4.74 Å². The maximum absolute atomic E-state index is 11.7. The van der Waals surface area contributed by atoms with Crippen molar-refractivity contribution in [3.8, 4) is 17.9 Å². The number of benzene rings is 1. The molecule has 0 radical (unpaired) electrons. The molecule has 0 bridgehead atoms. The summed E-state index contributed by atoms with van der Waals surface area (Å²) in [5.74, 6) is 6.34. The number of thioether (sulfide) groups is 1. The Kier molecular flexibility index (Phi) is 8.82. The fourth-order valence-electron chi connectivity index (χ4n) is 4.72. The number of aromatic nitrogens is 2. The Hall–Kier alpha value is -2.32. The van der Waals surface area contributed by atoms with E-state index in [9.17, 15) is 4.79 Å². The predicted octanol–water partition coefficient (Wildman–Crippen LogP) is 7.26. The van der Waals surface area contributed by atoms with Crippen molar-refractivity contribution >= 4 is 17.7 Å². The minimum Gasteiger partial charge on any atom is -0.391 e. The summed E-state index contributed by atoms with van der Waals surface area (Å²) < 4.78 is 5.37. The van der Waals surface area contributed by atoms with Crippen LogP contribution in [0.4, 0.5) is 0 Å². The number of ether oxygens (including phenoxy) is 1. The van der Waals surface area contributed by atoms with Crippen molar-refractivity contribution in [2.75, 3.05) is 0 Å². The maximum Gasteiger partial charge on any atom is 0.324 e. The molecule has 0 aliphatic carbocycles. The minimum atomic E-state index is -0.313. The van der Waals surface area contributed by atoms with Crippen LogP contribution in [-0.4, -0.2) is 20.7 Å². The van der Waals surface area contributed by atoms with E-state index in [0.717, 1.165) is 24.8 Å². The number of aryl methyl sites for hydroxylation is 1. The van der Waals surface area contributed by atoms with Gasteiger partial charge >= 0.3 is 12.0 Å². The molecule has 0 saturated carbocycles. The first kappa shape index (κ1) is 26.3. The van der Waals surface area contributed by atoms with Crippen molar-refractivity contribution in [2.24, 2.45) is 0 Å². The second-order valence-corrected chi connectivity index (χ2v) is 12.2. The molecular weight excluding hydrogens is 440 g/mol. The highest BCUT2D eigenvalue weighted by molar-refractivity contribution is 8.00. The molecule has 0 unspecified atom stereocenters. The van der Waals surface area contributed by atoms with Gasteiger partial charge in [-0.05, 0) is 54.4 Å². The van der Waals surface area contributed by atoms with Crippen LogP contribution in [0, 0.1) is 11.8 Å². The quantitative estimate of drug-likeness (QED) is 0.227. The first-order valence-corrected chi connectivity index (χ1v) is 13.4. The molecule has 1 aliphatic heterocycles. The average molecular weight is 479 g/mol. The van der Waals surface area contributed by atoms with Crippen molar-refractivity contribution in [3.05, 3.63) is 46.8 Å². The van der Waals surface area contributed by atoms with Gasteiger partial charge in [0.25, 0.3) is 0 Å². The SMILES string of the molecule is CCCCCCc1cc2c(cc1C#Cc1cnc(OC(=O)CCC)nc1)C(C)(C)CC(C)(C)S2. The number of nitrogens with zero attached hydrogens (tertiary/aromatic N) is 2. The zero-order chi connectivity index (χ0) is 24.8.